The summed E-state index contributed by atoms with van der Waals surface area (Å²) < 4.78 is 5.92. The fraction of sp³-hybridized carbons (Fsp3) is 1.00. The third kappa shape index (κ3) is 2.51. The number of rotatable bonds is 3. The molecular weight excluding hydrogens is 212 g/mol. The molecule has 0 aromatic carbocycles. The van der Waals surface area contributed by atoms with Crippen molar-refractivity contribution in [2.24, 2.45) is 5.92 Å². The molecule has 3 heterocycles. The standard InChI is InChI=1S/C14H26N2O/c1-10(11-5-7-16(2)8-6-11)15-13-9-12-3-4-14(13)17-12/h10-15H,3-9H2,1-2H3. The Labute approximate surface area is 105 Å². The van der Waals surface area contributed by atoms with E-state index in [0.717, 1.165) is 5.92 Å². The Balaban J connectivity index is 1.48. The van der Waals surface area contributed by atoms with E-state index in [9.17, 15) is 0 Å². The predicted octanol–water partition coefficient (Wildman–Crippen LogP) is 1.63. The van der Waals surface area contributed by atoms with Gasteiger partial charge in [-0.25, -0.2) is 0 Å². The van der Waals surface area contributed by atoms with Crippen molar-refractivity contribution < 1.29 is 4.74 Å². The van der Waals surface area contributed by atoms with E-state index >= 15 is 0 Å². The van der Waals surface area contributed by atoms with E-state index < -0.39 is 0 Å². The smallest absolute Gasteiger partial charge is 0.0733 e. The van der Waals surface area contributed by atoms with Crippen LogP contribution in [0.15, 0.2) is 0 Å². The predicted molar refractivity (Wildman–Crippen MR) is 69.1 cm³/mol. The summed E-state index contributed by atoms with van der Waals surface area (Å²) in [6.07, 6.45) is 7.63. The van der Waals surface area contributed by atoms with Crippen molar-refractivity contribution >= 4 is 0 Å². The molecule has 3 aliphatic rings. The van der Waals surface area contributed by atoms with Gasteiger partial charge in [-0.05, 0) is 65.1 Å². The summed E-state index contributed by atoms with van der Waals surface area (Å²) in [6.45, 7) is 4.91. The van der Waals surface area contributed by atoms with Crippen LogP contribution in [0.25, 0.3) is 0 Å². The summed E-state index contributed by atoms with van der Waals surface area (Å²) in [5, 5.41) is 3.85. The highest BCUT2D eigenvalue weighted by Gasteiger charge is 2.41. The van der Waals surface area contributed by atoms with Crippen molar-refractivity contribution in [3.63, 3.8) is 0 Å². The van der Waals surface area contributed by atoms with Crippen LogP contribution >= 0.6 is 0 Å². The first-order valence-corrected chi connectivity index (χ1v) is 7.32. The Bertz CT molecular complexity index is 263. The first kappa shape index (κ1) is 11.9. The molecule has 0 aromatic rings. The van der Waals surface area contributed by atoms with Gasteiger partial charge in [-0.3, -0.25) is 0 Å². The van der Waals surface area contributed by atoms with Crippen LogP contribution in [-0.4, -0.2) is 49.3 Å². The second-order valence-corrected chi connectivity index (χ2v) is 6.31. The molecule has 0 spiro atoms. The Kier molecular flexibility index (Phi) is 3.42. The molecule has 0 radical (unpaired) electrons. The normalized spacial score (nSPS) is 40.9. The first-order valence-electron chi connectivity index (χ1n) is 7.32. The van der Waals surface area contributed by atoms with E-state index in [4.69, 9.17) is 4.74 Å². The molecule has 3 nitrogen and oxygen atoms in total. The molecule has 0 aliphatic carbocycles. The number of likely N-dealkylation sites (tertiary alicyclic amines) is 1. The summed E-state index contributed by atoms with van der Waals surface area (Å²) >= 11 is 0. The van der Waals surface area contributed by atoms with Crippen molar-refractivity contribution in [3.05, 3.63) is 0 Å². The van der Waals surface area contributed by atoms with Gasteiger partial charge in [-0.1, -0.05) is 0 Å². The molecule has 3 fully saturated rings. The molecule has 3 saturated heterocycles. The lowest BCUT2D eigenvalue weighted by atomic mass is 9.88. The van der Waals surface area contributed by atoms with Crippen molar-refractivity contribution in [2.75, 3.05) is 20.1 Å². The highest BCUT2D eigenvalue weighted by molar-refractivity contribution is 4.95. The van der Waals surface area contributed by atoms with Crippen molar-refractivity contribution in [1.82, 2.24) is 10.2 Å². The Morgan fingerprint density at radius 2 is 1.94 bits per heavy atom. The molecule has 4 atom stereocenters. The van der Waals surface area contributed by atoms with Crippen LogP contribution in [0, 0.1) is 5.92 Å². The minimum atomic E-state index is 0.522. The maximum Gasteiger partial charge on any atom is 0.0733 e. The number of fused-ring (bicyclic) bond motifs is 2. The number of nitrogens with one attached hydrogen (secondary N) is 1. The minimum absolute atomic E-state index is 0.522. The van der Waals surface area contributed by atoms with E-state index in [2.05, 4.69) is 24.2 Å². The monoisotopic (exact) mass is 238 g/mol. The van der Waals surface area contributed by atoms with E-state index in [1.165, 1.54) is 45.2 Å². The molecular formula is C14H26N2O. The summed E-state index contributed by atoms with van der Waals surface area (Å²) in [7, 11) is 2.23. The van der Waals surface area contributed by atoms with Crippen LogP contribution in [-0.2, 0) is 4.74 Å². The van der Waals surface area contributed by atoms with Gasteiger partial charge in [-0.2, -0.15) is 0 Å². The SMILES string of the molecule is CC(NC1CC2CCC1O2)C1CCN(C)CC1. The summed E-state index contributed by atoms with van der Waals surface area (Å²) in [5.74, 6) is 0.866. The molecule has 98 valence electrons. The van der Waals surface area contributed by atoms with E-state index in [1.807, 2.05) is 0 Å². The molecule has 3 aliphatic heterocycles. The van der Waals surface area contributed by atoms with Gasteiger partial charge in [0.25, 0.3) is 0 Å². The fourth-order valence-electron chi connectivity index (χ4n) is 3.82. The van der Waals surface area contributed by atoms with Gasteiger partial charge in [0, 0.05) is 12.1 Å². The summed E-state index contributed by atoms with van der Waals surface area (Å²) in [5.41, 5.74) is 0. The zero-order chi connectivity index (χ0) is 11.8. The third-order valence-corrected chi connectivity index (χ3v) is 5.05. The second kappa shape index (κ2) is 4.87. The van der Waals surface area contributed by atoms with Gasteiger partial charge in [0.1, 0.15) is 0 Å². The van der Waals surface area contributed by atoms with Gasteiger partial charge in [0.15, 0.2) is 0 Å². The maximum atomic E-state index is 5.92. The van der Waals surface area contributed by atoms with Gasteiger partial charge in [0.05, 0.1) is 12.2 Å². The minimum Gasteiger partial charge on any atom is -0.373 e. The van der Waals surface area contributed by atoms with Gasteiger partial charge < -0.3 is 15.0 Å². The number of hydrogen-bond donors (Lipinski definition) is 1. The summed E-state index contributed by atoms with van der Waals surface area (Å²) in [6, 6.07) is 1.31. The summed E-state index contributed by atoms with van der Waals surface area (Å²) in [4.78, 5) is 2.45. The average Bonchev–Trinajstić information content (AvgIpc) is 2.91. The lowest BCUT2D eigenvalue weighted by Gasteiger charge is -2.35. The fourth-order valence-corrected chi connectivity index (χ4v) is 3.82. The lowest BCUT2D eigenvalue weighted by Crippen LogP contribution is -2.48. The number of ether oxygens (including phenoxy) is 1. The van der Waals surface area contributed by atoms with E-state index in [0.29, 0.717) is 24.3 Å². The molecule has 1 N–H and O–H groups in total. The molecule has 2 bridgehead atoms. The van der Waals surface area contributed by atoms with Crippen LogP contribution in [0.3, 0.4) is 0 Å². The Hall–Kier alpha value is -0.120. The molecule has 0 amide bonds. The zero-order valence-electron chi connectivity index (χ0n) is 11.2. The van der Waals surface area contributed by atoms with E-state index in [-0.39, 0.29) is 0 Å². The Morgan fingerprint density at radius 3 is 2.53 bits per heavy atom. The van der Waals surface area contributed by atoms with Crippen LogP contribution < -0.4 is 5.32 Å². The largest absolute Gasteiger partial charge is 0.373 e. The number of piperidine rings is 1. The number of hydrogen-bond acceptors (Lipinski definition) is 3. The second-order valence-electron chi connectivity index (χ2n) is 6.31. The van der Waals surface area contributed by atoms with Gasteiger partial charge in [-0.15, -0.1) is 0 Å². The van der Waals surface area contributed by atoms with Crippen molar-refractivity contribution in [1.29, 1.82) is 0 Å². The molecule has 3 rings (SSSR count). The van der Waals surface area contributed by atoms with Crippen LogP contribution in [0.4, 0.5) is 0 Å². The Morgan fingerprint density at radius 1 is 1.18 bits per heavy atom. The topological polar surface area (TPSA) is 24.5 Å². The molecule has 3 heteroatoms. The zero-order valence-corrected chi connectivity index (χ0v) is 11.2. The average molecular weight is 238 g/mol. The van der Waals surface area contributed by atoms with Gasteiger partial charge >= 0.3 is 0 Å². The first-order chi connectivity index (χ1) is 8.22. The number of nitrogens with zero attached hydrogens (tertiary/aromatic N) is 1. The molecule has 0 saturated carbocycles. The van der Waals surface area contributed by atoms with E-state index in [1.54, 1.807) is 0 Å². The van der Waals surface area contributed by atoms with Crippen LogP contribution in [0.2, 0.25) is 0 Å². The molecule has 4 unspecified atom stereocenters. The van der Waals surface area contributed by atoms with Crippen LogP contribution in [0.5, 0.6) is 0 Å². The van der Waals surface area contributed by atoms with Crippen molar-refractivity contribution in [3.8, 4) is 0 Å². The lowest BCUT2D eigenvalue weighted by molar-refractivity contribution is 0.0932. The molecule has 17 heavy (non-hydrogen) atoms. The van der Waals surface area contributed by atoms with Crippen molar-refractivity contribution in [2.45, 2.75) is 63.3 Å². The maximum absolute atomic E-state index is 5.92. The quantitative estimate of drug-likeness (QED) is 0.809. The molecule has 0 aromatic heterocycles. The van der Waals surface area contributed by atoms with Gasteiger partial charge in [0.2, 0.25) is 0 Å². The van der Waals surface area contributed by atoms with Crippen LogP contribution in [0.1, 0.15) is 39.0 Å². The highest BCUT2D eigenvalue weighted by Crippen LogP contribution is 2.35. The highest BCUT2D eigenvalue weighted by atomic mass is 16.5. The third-order valence-electron chi connectivity index (χ3n) is 5.05.